The summed E-state index contributed by atoms with van der Waals surface area (Å²) in [7, 11) is 0. The maximum absolute atomic E-state index is 6.02. The van der Waals surface area contributed by atoms with Crippen LogP contribution in [-0.4, -0.2) is 12.7 Å². The SMILES string of the molecule is CCCCO[C@@H](C1=CCCCC1)C(C)C. The largest absolute Gasteiger partial charge is 0.374 e. The highest BCUT2D eigenvalue weighted by molar-refractivity contribution is 5.11. The van der Waals surface area contributed by atoms with Crippen LogP contribution in [0.15, 0.2) is 11.6 Å². The number of unbranched alkanes of at least 4 members (excludes halogenated alkanes) is 1. The van der Waals surface area contributed by atoms with E-state index in [4.69, 9.17) is 4.74 Å². The molecule has 1 heteroatoms. The molecule has 0 unspecified atom stereocenters. The van der Waals surface area contributed by atoms with Crippen LogP contribution >= 0.6 is 0 Å². The topological polar surface area (TPSA) is 9.23 Å². The normalized spacial score (nSPS) is 19.1. The molecule has 0 amide bonds. The van der Waals surface area contributed by atoms with Crippen molar-refractivity contribution in [1.29, 1.82) is 0 Å². The molecule has 0 saturated carbocycles. The van der Waals surface area contributed by atoms with Gasteiger partial charge in [0.25, 0.3) is 0 Å². The van der Waals surface area contributed by atoms with Crippen LogP contribution in [0, 0.1) is 5.92 Å². The second-order valence-electron chi connectivity index (χ2n) is 4.91. The van der Waals surface area contributed by atoms with Gasteiger partial charge in [0.1, 0.15) is 0 Å². The highest BCUT2D eigenvalue weighted by Gasteiger charge is 2.19. The van der Waals surface area contributed by atoms with Crippen molar-refractivity contribution < 1.29 is 4.74 Å². The Morgan fingerprint density at radius 1 is 1.33 bits per heavy atom. The van der Waals surface area contributed by atoms with Crippen molar-refractivity contribution in [2.24, 2.45) is 5.92 Å². The fourth-order valence-electron chi connectivity index (χ4n) is 2.20. The predicted molar refractivity (Wildman–Crippen MR) is 66.0 cm³/mol. The summed E-state index contributed by atoms with van der Waals surface area (Å²) in [5.41, 5.74) is 1.56. The van der Waals surface area contributed by atoms with Crippen molar-refractivity contribution in [2.75, 3.05) is 6.61 Å². The zero-order valence-corrected chi connectivity index (χ0v) is 10.6. The van der Waals surface area contributed by atoms with E-state index in [0.29, 0.717) is 12.0 Å². The van der Waals surface area contributed by atoms with Gasteiger partial charge in [0, 0.05) is 6.61 Å². The van der Waals surface area contributed by atoms with Gasteiger partial charge in [0.2, 0.25) is 0 Å². The van der Waals surface area contributed by atoms with Gasteiger partial charge in [0.05, 0.1) is 6.10 Å². The maximum Gasteiger partial charge on any atom is 0.0807 e. The van der Waals surface area contributed by atoms with E-state index in [1.54, 1.807) is 5.57 Å². The van der Waals surface area contributed by atoms with Gasteiger partial charge in [-0.05, 0) is 43.6 Å². The minimum Gasteiger partial charge on any atom is -0.374 e. The highest BCUT2D eigenvalue weighted by atomic mass is 16.5. The molecule has 0 heterocycles. The Labute approximate surface area is 94.9 Å². The summed E-state index contributed by atoms with van der Waals surface area (Å²) in [6, 6.07) is 0. The van der Waals surface area contributed by atoms with E-state index in [9.17, 15) is 0 Å². The molecule has 0 aromatic carbocycles. The molecule has 15 heavy (non-hydrogen) atoms. The molecule has 0 radical (unpaired) electrons. The van der Waals surface area contributed by atoms with E-state index >= 15 is 0 Å². The van der Waals surface area contributed by atoms with Crippen LogP contribution < -0.4 is 0 Å². The molecular formula is C14H26O. The lowest BCUT2D eigenvalue weighted by molar-refractivity contribution is 0.0423. The van der Waals surface area contributed by atoms with Crippen molar-refractivity contribution in [3.8, 4) is 0 Å². The summed E-state index contributed by atoms with van der Waals surface area (Å²) in [6.07, 6.45) is 10.5. The number of ether oxygens (including phenoxy) is 1. The van der Waals surface area contributed by atoms with Crippen molar-refractivity contribution in [1.82, 2.24) is 0 Å². The summed E-state index contributed by atoms with van der Waals surface area (Å²) < 4.78 is 6.02. The smallest absolute Gasteiger partial charge is 0.0807 e. The Kier molecular flexibility index (Phi) is 6.00. The lowest BCUT2D eigenvalue weighted by atomic mass is 9.90. The lowest BCUT2D eigenvalue weighted by Crippen LogP contribution is -2.24. The first-order chi connectivity index (χ1) is 7.25. The van der Waals surface area contributed by atoms with Gasteiger partial charge in [0.15, 0.2) is 0 Å². The molecule has 1 aliphatic carbocycles. The molecule has 1 aliphatic rings. The van der Waals surface area contributed by atoms with Crippen molar-refractivity contribution in [3.05, 3.63) is 11.6 Å². The van der Waals surface area contributed by atoms with Gasteiger partial charge in [-0.2, -0.15) is 0 Å². The van der Waals surface area contributed by atoms with Gasteiger partial charge in [-0.3, -0.25) is 0 Å². The summed E-state index contributed by atoms with van der Waals surface area (Å²) in [5.74, 6) is 0.617. The summed E-state index contributed by atoms with van der Waals surface area (Å²) >= 11 is 0. The van der Waals surface area contributed by atoms with Crippen molar-refractivity contribution in [2.45, 2.75) is 65.4 Å². The van der Waals surface area contributed by atoms with E-state index in [2.05, 4.69) is 26.8 Å². The number of hydrogen-bond acceptors (Lipinski definition) is 1. The van der Waals surface area contributed by atoms with Crippen LogP contribution in [0.5, 0.6) is 0 Å². The monoisotopic (exact) mass is 210 g/mol. The Balaban J connectivity index is 2.45. The molecule has 0 spiro atoms. The van der Waals surface area contributed by atoms with E-state index in [-0.39, 0.29) is 0 Å². The quantitative estimate of drug-likeness (QED) is 0.468. The van der Waals surface area contributed by atoms with Crippen LogP contribution in [0.3, 0.4) is 0 Å². The molecule has 1 nitrogen and oxygen atoms in total. The molecule has 1 rings (SSSR count). The van der Waals surface area contributed by atoms with E-state index in [1.807, 2.05) is 0 Å². The van der Waals surface area contributed by atoms with E-state index in [1.165, 1.54) is 38.5 Å². The molecule has 0 aromatic heterocycles. The predicted octanol–water partition coefficient (Wildman–Crippen LogP) is 4.33. The second-order valence-corrected chi connectivity index (χ2v) is 4.91. The Morgan fingerprint density at radius 2 is 2.13 bits per heavy atom. The lowest BCUT2D eigenvalue weighted by Gasteiger charge is -2.26. The minimum atomic E-state index is 0.386. The third kappa shape index (κ3) is 4.38. The number of allylic oxidation sites excluding steroid dienone is 1. The van der Waals surface area contributed by atoms with Crippen LogP contribution in [0.4, 0.5) is 0 Å². The first-order valence-electron chi connectivity index (χ1n) is 6.56. The minimum absolute atomic E-state index is 0.386. The fraction of sp³-hybridized carbons (Fsp3) is 0.857. The number of rotatable bonds is 6. The first kappa shape index (κ1) is 12.8. The van der Waals surface area contributed by atoms with Crippen LogP contribution in [0.2, 0.25) is 0 Å². The summed E-state index contributed by atoms with van der Waals surface area (Å²) in [5, 5.41) is 0. The molecule has 0 saturated heterocycles. The zero-order valence-electron chi connectivity index (χ0n) is 10.6. The summed E-state index contributed by atoms with van der Waals surface area (Å²) in [6.45, 7) is 7.68. The molecular weight excluding hydrogens is 184 g/mol. The highest BCUT2D eigenvalue weighted by Crippen LogP contribution is 2.26. The van der Waals surface area contributed by atoms with Crippen LogP contribution in [-0.2, 0) is 4.74 Å². The molecule has 0 bridgehead atoms. The van der Waals surface area contributed by atoms with Crippen LogP contribution in [0.25, 0.3) is 0 Å². The third-order valence-corrected chi connectivity index (χ3v) is 3.09. The standard InChI is InChI=1S/C14H26O/c1-4-5-11-15-14(12(2)3)13-9-7-6-8-10-13/h9,12,14H,4-8,10-11H2,1-3H3/t14-/m1/s1. The van der Waals surface area contributed by atoms with Gasteiger partial charge >= 0.3 is 0 Å². The van der Waals surface area contributed by atoms with Crippen molar-refractivity contribution >= 4 is 0 Å². The molecule has 0 fully saturated rings. The van der Waals surface area contributed by atoms with Gasteiger partial charge in [-0.15, -0.1) is 0 Å². The van der Waals surface area contributed by atoms with Crippen LogP contribution in [0.1, 0.15) is 59.3 Å². The molecule has 0 aliphatic heterocycles. The van der Waals surface area contributed by atoms with Crippen molar-refractivity contribution in [3.63, 3.8) is 0 Å². The average Bonchev–Trinajstić information content (AvgIpc) is 2.25. The molecule has 88 valence electrons. The Morgan fingerprint density at radius 3 is 2.67 bits per heavy atom. The first-order valence-corrected chi connectivity index (χ1v) is 6.56. The molecule has 1 atom stereocenters. The second kappa shape index (κ2) is 7.05. The maximum atomic E-state index is 6.02. The van der Waals surface area contributed by atoms with Gasteiger partial charge in [-0.25, -0.2) is 0 Å². The van der Waals surface area contributed by atoms with E-state index < -0.39 is 0 Å². The fourth-order valence-corrected chi connectivity index (χ4v) is 2.20. The average molecular weight is 210 g/mol. The third-order valence-electron chi connectivity index (χ3n) is 3.09. The molecule has 0 N–H and O–H groups in total. The zero-order chi connectivity index (χ0) is 11.1. The number of hydrogen-bond donors (Lipinski definition) is 0. The van der Waals surface area contributed by atoms with E-state index in [0.717, 1.165) is 6.61 Å². The molecule has 0 aromatic rings. The van der Waals surface area contributed by atoms with Gasteiger partial charge in [-0.1, -0.05) is 33.3 Å². The summed E-state index contributed by atoms with van der Waals surface area (Å²) in [4.78, 5) is 0. The van der Waals surface area contributed by atoms with Gasteiger partial charge < -0.3 is 4.74 Å². The Hall–Kier alpha value is -0.300. The Bertz CT molecular complexity index is 194.